The molecule has 0 aromatic heterocycles. The zero-order valence-corrected chi connectivity index (χ0v) is 7.43. The molecule has 3 N–H and O–H groups in total. The molecule has 0 bridgehead atoms. The first-order chi connectivity index (χ1) is 6.31. The summed E-state index contributed by atoms with van der Waals surface area (Å²) in [4.78, 5) is 21.5. The molecule has 5 nitrogen and oxygen atoms in total. The molecule has 2 amide bonds. The molecule has 0 aromatic rings. The van der Waals surface area contributed by atoms with Crippen LogP contribution in [0, 0.1) is 0 Å². The van der Waals surface area contributed by atoms with Crippen LogP contribution in [0.15, 0.2) is 0 Å². The third-order valence-electron chi connectivity index (χ3n) is 2.13. The number of hydrogen-bond donors (Lipinski definition) is 3. The Bertz CT molecular complexity index is 272. The van der Waals surface area contributed by atoms with Crippen LogP contribution in [0.3, 0.4) is 0 Å². The van der Waals surface area contributed by atoms with E-state index in [0.717, 1.165) is 0 Å². The Balaban J connectivity index is 2.74. The fraction of sp³-hybridized carbons (Fsp3) is 0.714. The summed E-state index contributed by atoms with van der Waals surface area (Å²) < 4.78 is 25.1. The van der Waals surface area contributed by atoms with Crippen LogP contribution < -0.4 is 10.6 Å². The number of nitrogens with one attached hydrogen (secondary N) is 2. The van der Waals surface area contributed by atoms with Gasteiger partial charge in [0, 0.05) is 19.9 Å². The van der Waals surface area contributed by atoms with E-state index in [1.54, 1.807) is 0 Å². The minimum atomic E-state index is -2.96. The summed E-state index contributed by atoms with van der Waals surface area (Å²) in [6.07, 6.45) is -3.05. The van der Waals surface area contributed by atoms with E-state index < -0.39 is 36.3 Å². The Morgan fingerprint density at radius 2 is 1.86 bits per heavy atom. The second-order valence-electron chi connectivity index (χ2n) is 3.30. The number of alkyl halides is 2. The highest BCUT2D eigenvalue weighted by Gasteiger charge is 2.61. The number of carbonyl (C=O) groups excluding carboxylic acids is 1. The third-order valence-corrected chi connectivity index (χ3v) is 2.13. The molecule has 1 aliphatic carbocycles. The van der Waals surface area contributed by atoms with Crippen LogP contribution in [0.1, 0.15) is 12.8 Å². The number of likely N-dealkylation sites (N-methyl/N-ethyl adjacent to an activating group) is 1. The maximum absolute atomic E-state index is 12.6. The predicted octanol–water partition coefficient (Wildman–Crippen LogP) is 0.168. The molecule has 1 fully saturated rings. The smallest absolute Gasteiger partial charge is 0.405 e. The molecule has 0 spiro atoms. The second kappa shape index (κ2) is 3.07. The first-order valence-corrected chi connectivity index (χ1v) is 3.92. The molecule has 0 radical (unpaired) electrons. The lowest BCUT2D eigenvalue weighted by Gasteiger charge is -2.44. The van der Waals surface area contributed by atoms with Crippen LogP contribution in [-0.2, 0) is 4.79 Å². The highest BCUT2D eigenvalue weighted by Crippen LogP contribution is 2.45. The van der Waals surface area contributed by atoms with Gasteiger partial charge in [-0.15, -0.1) is 0 Å². The average Bonchev–Trinajstić information content (AvgIpc) is 1.97. The van der Waals surface area contributed by atoms with Crippen molar-refractivity contribution in [3.8, 4) is 0 Å². The van der Waals surface area contributed by atoms with Gasteiger partial charge in [-0.25, -0.2) is 13.6 Å². The molecule has 80 valence electrons. The van der Waals surface area contributed by atoms with Crippen LogP contribution >= 0.6 is 0 Å². The largest absolute Gasteiger partial charge is 0.465 e. The van der Waals surface area contributed by atoms with E-state index in [1.165, 1.54) is 7.05 Å². The van der Waals surface area contributed by atoms with Crippen molar-refractivity contribution in [2.24, 2.45) is 0 Å². The van der Waals surface area contributed by atoms with Crippen molar-refractivity contribution < 1.29 is 23.5 Å². The van der Waals surface area contributed by atoms with Gasteiger partial charge in [0.15, 0.2) is 0 Å². The van der Waals surface area contributed by atoms with Gasteiger partial charge < -0.3 is 15.7 Å². The van der Waals surface area contributed by atoms with Crippen molar-refractivity contribution in [3.05, 3.63) is 0 Å². The molecule has 0 unspecified atom stereocenters. The van der Waals surface area contributed by atoms with E-state index in [-0.39, 0.29) is 0 Å². The van der Waals surface area contributed by atoms with Crippen molar-refractivity contribution in [3.63, 3.8) is 0 Å². The minimum Gasteiger partial charge on any atom is -0.465 e. The van der Waals surface area contributed by atoms with E-state index in [4.69, 9.17) is 5.11 Å². The highest BCUT2D eigenvalue weighted by atomic mass is 19.3. The van der Waals surface area contributed by atoms with Gasteiger partial charge in [0.05, 0.1) is 0 Å². The Morgan fingerprint density at radius 1 is 1.36 bits per heavy atom. The van der Waals surface area contributed by atoms with Gasteiger partial charge in [0.25, 0.3) is 5.92 Å². The molecule has 0 heterocycles. The van der Waals surface area contributed by atoms with E-state index in [1.807, 2.05) is 5.32 Å². The zero-order chi connectivity index (χ0) is 11.0. The van der Waals surface area contributed by atoms with Crippen LogP contribution in [0.25, 0.3) is 0 Å². The minimum absolute atomic E-state index is 0.731. The molecular weight excluding hydrogens is 198 g/mol. The number of carbonyl (C=O) groups is 2. The fourth-order valence-electron chi connectivity index (χ4n) is 1.58. The SMILES string of the molecule is CNC(=O)C1(NC(=O)O)CC(F)(F)C1. The summed E-state index contributed by atoms with van der Waals surface area (Å²) >= 11 is 0. The van der Waals surface area contributed by atoms with Crippen molar-refractivity contribution in [2.75, 3.05) is 7.05 Å². The van der Waals surface area contributed by atoms with Crippen LogP contribution in [-0.4, -0.2) is 35.6 Å². The maximum Gasteiger partial charge on any atom is 0.405 e. The standard InChI is InChI=1S/C7H10F2N2O3/c1-10-4(12)6(11-5(13)14)2-7(8,9)3-6/h11H,2-3H2,1H3,(H,10,12)(H,13,14). The van der Waals surface area contributed by atoms with Gasteiger partial charge in [-0.2, -0.15) is 0 Å². The number of amides is 2. The maximum atomic E-state index is 12.6. The fourth-order valence-corrected chi connectivity index (χ4v) is 1.58. The van der Waals surface area contributed by atoms with Crippen molar-refractivity contribution in [1.29, 1.82) is 0 Å². The topological polar surface area (TPSA) is 78.4 Å². The number of hydrogen-bond acceptors (Lipinski definition) is 2. The lowest BCUT2D eigenvalue weighted by molar-refractivity contribution is -0.160. The number of rotatable bonds is 2. The van der Waals surface area contributed by atoms with Gasteiger partial charge in [0.2, 0.25) is 5.91 Å². The number of halogens is 2. The quantitative estimate of drug-likeness (QED) is 0.605. The van der Waals surface area contributed by atoms with Crippen LogP contribution in [0.5, 0.6) is 0 Å². The Kier molecular flexibility index (Phi) is 2.34. The molecule has 1 aliphatic rings. The Hall–Kier alpha value is -1.40. The monoisotopic (exact) mass is 208 g/mol. The molecule has 0 aliphatic heterocycles. The molecule has 7 heteroatoms. The molecule has 1 rings (SSSR count). The third kappa shape index (κ3) is 1.75. The Morgan fingerprint density at radius 3 is 2.14 bits per heavy atom. The normalized spacial score (nSPS) is 21.9. The lowest BCUT2D eigenvalue weighted by Crippen LogP contribution is -2.68. The molecule has 0 saturated heterocycles. The molecule has 0 aromatic carbocycles. The molecule has 14 heavy (non-hydrogen) atoms. The van der Waals surface area contributed by atoms with Crippen LogP contribution in [0.2, 0.25) is 0 Å². The van der Waals surface area contributed by atoms with Gasteiger partial charge in [-0.05, 0) is 0 Å². The van der Waals surface area contributed by atoms with Crippen molar-refractivity contribution in [1.82, 2.24) is 10.6 Å². The lowest BCUT2D eigenvalue weighted by atomic mass is 9.72. The summed E-state index contributed by atoms with van der Waals surface area (Å²) in [5.41, 5.74) is -1.66. The van der Waals surface area contributed by atoms with Gasteiger partial charge >= 0.3 is 6.09 Å². The van der Waals surface area contributed by atoms with Gasteiger partial charge in [-0.1, -0.05) is 0 Å². The molecule has 0 atom stereocenters. The number of carboxylic acid groups (broad SMARTS) is 1. The van der Waals surface area contributed by atoms with E-state index >= 15 is 0 Å². The zero-order valence-electron chi connectivity index (χ0n) is 7.43. The van der Waals surface area contributed by atoms with Crippen LogP contribution in [0.4, 0.5) is 13.6 Å². The summed E-state index contributed by atoms with van der Waals surface area (Å²) in [5.74, 6) is -3.69. The molecule has 1 saturated carbocycles. The van der Waals surface area contributed by atoms with Crippen molar-refractivity contribution in [2.45, 2.75) is 24.3 Å². The van der Waals surface area contributed by atoms with Gasteiger partial charge in [0.1, 0.15) is 5.54 Å². The summed E-state index contributed by atoms with van der Waals surface area (Å²) in [6.45, 7) is 0. The predicted molar refractivity (Wildman–Crippen MR) is 42.1 cm³/mol. The Labute approximate surface area is 78.5 Å². The first kappa shape index (κ1) is 10.7. The summed E-state index contributed by atoms with van der Waals surface area (Å²) in [5, 5.41) is 12.4. The average molecular weight is 208 g/mol. The summed E-state index contributed by atoms with van der Waals surface area (Å²) in [7, 11) is 1.27. The van der Waals surface area contributed by atoms with E-state index in [9.17, 15) is 18.4 Å². The van der Waals surface area contributed by atoms with E-state index in [0.29, 0.717) is 0 Å². The summed E-state index contributed by atoms with van der Waals surface area (Å²) in [6, 6.07) is 0. The van der Waals surface area contributed by atoms with Crippen molar-refractivity contribution >= 4 is 12.0 Å². The highest BCUT2D eigenvalue weighted by molar-refractivity contribution is 5.90. The van der Waals surface area contributed by atoms with Gasteiger partial charge in [-0.3, -0.25) is 4.79 Å². The van der Waals surface area contributed by atoms with E-state index in [2.05, 4.69) is 5.32 Å². The first-order valence-electron chi connectivity index (χ1n) is 3.92. The molecular formula is C7H10F2N2O3. The second-order valence-corrected chi connectivity index (χ2v) is 3.30.